The number of benzene rings is 1. The molecular weight excluding hydrogens is 230 g/mol. The topological polar surface area (TPSA) is 83.6 Å². The number of carboxylic acid groups (broad SMARTS) is 1. The molecule has 0 radical (unpaired) electrons. The highest BCUT2D eigenvalue weighted by atomic mass is 16.4. The van der Waals surface area contributed by atoms with Gasteiger partial charge in [-0.05, 0) is 41.5 Å². The SMILES string of the molecule is CCc1c(C[C@H](N)C(=O)O)ccc(O)c1C(C)C. The summed E-state index contributed by atoms with van der Waals surface area (Å²) < 4.78 is 0. The Labute approximate surface area is 107 Å². The standard InChI is InChI=1S/C14H21NO3/c1-4-10-9(7-11(15)14(17)18)5-6-12(16)13(10)8(2)3/h5-6,8,11,16H,4,7,15H2,1-3H3,(H,17,18)/t11-/m0/s1. The van der Waals surface area contributed by atoms with Crippen molar-refractivity contribution >= 4 is 5.97 Å². The molecule has 18 heavy (non-hydrogen) atoms. The van der Waals surface area contributed by atoms with Crippen molar-refractivity contribution < 1.29 is 15.0 Å². The Bertz CT molecular complexity index is 441. The van der Waals surface area contributed by atoms with E-state index < -0.39 is 12.0 Å². The van der Waals surface area contributed by atoms with Gasteiger partial charge in [0.15, 0.2) is 0 Å². The van der Waals surface area contributed by atoms with E-state index in [1.54, 1.807) is 12.1 Å². The van der Waals surface area contributed by atoms with Crippen molar-refractivity contribution in [3.63, 3.8) is 0 Å². The van der Waals surface area contributed by atoms with Crippen molar-refractivity contribution in [1.82, 2.24) is 0 Å². The minimum absolute atomic E-state index is 0.195. The van der Waals surface area contributed by atoms with Gasteiger partial charge >= 0.3 is 5.97 Å². The van der Waals surface area contributed by atoms with Crippen molar-refractivity contribution in [3.8, 4) is 5.75 Å². The lowest BCUT2D eigenvalue weighted by molar-refractivity contribution is -0.138. The molecule has 0 spiro atoms. The zero-order chi connectivity index (χ0) is 13.9. The Hall–Kier alpha value is -1.55. The quantitative estimate of drug-likeness (QED) is 0.747. The first-order chi connectivity index (χ1) is 8.38. The van der Waals surface area contributed by atoms with Crippen molar-refractivity contribution in [3.05, 3.63) is 28.8 Å². The number of aromatic hydroxyl groups is 1. The summed E-state index contributed by atoms with van der Waals surface area (Å²) in [5.41, 5.74) is 8.40. The number of hydrogen-bond acceptors (Lipinski definition) is 3. The molecule has 0 heterocycles. The molecule has 0 fully saturated rings. The molecule has 0 bridgehead atoms. The van der Waals surface area contributed by atoms with E-state index in [1.165, 1.54) is 0 Å². The van der Waals surface area contributed by atoms with Crippen molar-refractivity contribution in [2.24, 2.45) is 5.73 Å². The number of rotatable bonds is 5. The van der Waals surface area contributed by atoms with E-state index in [-0.39, 0.29) is 11.7 Å². The van der Waals surface area contributed by atoms with Gasteiger partial charge in [0.2, 0.25) is 0 Å². The third-order valence-electron chi connectivity index (χ3n) is 3.12. The molecule has 1 rings (SSSR count). The van der Waals surface area contributed by atoms with Crippen molar-refractivity contribution in [1.29, 1.82) is 0 Å². The Morgan fingerprint density at radius 3 is 2.44 bits per heavy atom. The van der Waals surface area contributed by atoms with Crippen LogP contribution in [0.5, 0.6) is 5.75 Å². The van der Waals surface area contributed by atoms with Gasteiger partial charge in [0, 0.05) is 0 Å². The Morgan fingerprint density at radius 2 is 2.00 bits per heavy atom. The second kappa shape index (κ2) is 5.87. The lowest BCUT2D eigenvalue weighted by atomic mass is 9.88. The zero-order valence-electron chi connectivity index (χ0n) is 11.1. The van der Waals surface area contributed by atoms with Crippen LogP contribution in [0.2, 0.25) is 0 Å². The highest BCUT2D eigenvalue weighted by Gasteiger charge is 2.18. The average molecular weight is 251 g/mol. The molecule has 0 amide bonds. The first kappa shape index (κ1) is 14.5. The van der Waals surface area contributed by atoms with Crippen LogP contribution in [0.1, 0.15) is 43.4 Å². The summed E-state index contributed by atoms with van der Waals surface area (Å²) in [4.78, 5) is 10.8. The minimum atomic E-state index is -1.00. The molecule has 0 aliphatic heterocycles. The highest BCUT2D eigenvalue weighted by Crippen LogP contribution is 2.32. The van der Waals surface area contributed by atoms with Crippen LogP contribution in [-0.4, -0.2) is 22.2 Å². The van der Waals surface area contributed by atoms with Crippen molar-refractivity contribution in [2.75, 3.05) is 0 Å². The second-order valence-corrected chi connectivity index (χ2v) is 4.79. The lowest BCUT2D eigenvalue weighted by Gasteiger charge is -2.19. The number of hydrogen-bond donors (Lipinski definition) is 3. The second-order valence-electron chi connectivity index (χ2n) is 4.79. The third-order valence-corrected chi connectivity index (χ3v) is 3.12. The smallest absolute Gasteiger partial charge is 0.320 e. The average Bonchev–Trinajstić information content (AvgIpc) is 2.29. The fourth-order valence-electron chi connectivity index (χ4n) is 2.27. The van der Waals surface area contributed by atoms with E-state index in [0.29, 0.717) is 6.42 Å². The van der Waals surface area contributed by atoms with Gasteiger partial charge in [0.1, 0.15) is 11.8 Å². The molecule has 1 atom stereocenters. The summed E-state index contributed by atoms with van der Waals surface area (Å²) in [7, 11) is 0. The molecule has 0 saturated carbocycles. The van der Waals surface area contributed by atoms with E-state index >= 15 is 0 Å². The van der Waals surface area contributed by atoms with Gasteiger partial charge < -0.3 is 15.9 Å². The maximum atomic E-state index is 10.8. The molecule has 4 heteroatoms. The fourth-order valence-corrected chi connectivity index (χ4v) is 2.27. The van der Waals surface area contributed by atoms with Crippen LogP contribution < -0.4 is 5.73 Å². The van der Waals surface area contributed by atoms with E-state index in [0.717, 1.165) is 23.1 Å². The summed E-state index contributed by atoms with van der Waals surface area (Å²) in [6.45, 7) is 6.01. The predicted molar refractivity (Wildman–Crippen MR) is 70.9 cm³/mol. The van der Waals surface area contributed by atoms with Gasteiger partial charge in [-0.2, -0.15) is 0 Å². The third kappa shape index (κ3) is 3.01. The lowest BCUT2D eigenvalue weighted by Crippen LogP contribution is -2.32. The van der Waals surface area contributed by atoms with Crippen LogP contribution in [0.4, 0.5) is 0 Å². The summed E-state index contributed by atoms with van der Waals surface area (Å²) in [5, 5.41) is 18.8. The van der Waals surface area contributed by atoms with Crippen LogP contribution in [0.15, 0.2) is 12.1 Å². The molecule has 4 N–H and O–H groups in total. The molecule has 0 aliphatic rings. The van der Waals surface area contributed by atoms with Gasteiger partial charge in [0.05, 0.1) is 0 Å². The number of aliphatic carboxylic acids is 1. The van der Waals surface area contributed by atoms with Gasteiger partial charge in [-0.3, -0.25) is 4.79 Å². The Morgan fingerprint density at radius 1 is 1.39 bits per heavy atom. The number of carbonyl (C=O) groups is 1. The summed E-state index contributed by atoms with van der Waals surface area (Å²) >= 11 is 0. The van der Waals surface area contributed by atoms with Gasteiger partial charge in [-0.1, -0.05) is 26.8 Å². The first-order valence-electron chi connectivity index (χ1n) is 6.20. The van der Waals surface area contributed by atoms with E-state index in [1.807, 2.05) is 20.8 Å². The molecule has 0 aliphatic carbocycles. The Balaban J connectivity index is 3.21. The normalized spacial score (nSPS) is 12.7. The number of carboxylic acids is 1. The molecule has 100 valence electrons. The molecule has 4 nitrogen and oxygen atoms in total. The Kier molecular flexibility index (Phi) is 4.73. The van der Waals surface area contributed by atoms with Crippen LogP contribution in [-0.2, 0) is 17.6 Å². The van der Waals surface area contributed by atoms with Crippen LogP contribution in [0, 0.1) is 0 Å². The summed E-state index contributed by atoms with van der Waals surface area (Å²) in [5.74, 6) is -0.535. The summed E-state index contributed by atoms with van der Waals surface area (Å²) in [6.07, 6.45) is 1.04. The number of phenols is 1. The van der Waals surface area contributed by atoms with Crippen LogP contribution in [0.25, 0.3) is 0 Å². The highest BCUT2D eigenvalue weighted by molar-refractivity contribution is 5.73. The maximum absolute atomic E-state index is 10.8. The number of nitrogens with two attached hydrogens (primary N) is 1. The molecule has 1 aromatic rings. The number of phenolic OH excluding ortho intramolecular Hbond substituents is 1. The largest absolute Gasteiger partial charge is 0.508 e. The first-order valence-corrected chi connectivity index (χ1v) is 6.20. The molecule has 1 aromatic carbocycles. The molecule has 0 unspecified atom stereocenters. The molecule has 0 aromatic heterocycles. The van der Waals surface area contributed by atoms with Gasteiger partial charge in [-0.25, -0.2) is 0 Å². The van der Waals surface area contributed by atoms with E-state index in [2.05, 4.69) is 0 Å². The summed E-state index contributed by atoms with van der Waals surface area (Å²) in [6, 6.07) is 2.49. The fraction of sp³-hybridized carbons (Fsp3) is 0.500. The van der Waals surface area contributed by atoms with Crippen LogP contribution in [0.3, 0.4) is 0 Å². The van der Waals surface area contributed by atoms with E-state index in [4.69, 9.17) is 10.8 Å². The van der Waals surface area contributed by atoms with Gasteiger partial charge in [-0.15, -0.1) is 0 Å². The maximum Gasteiger partial charge on any atom is 0.320 e. The van der Waals surface area contributed by atoms with Gasteiger partial charge in [0.25, 0.3) is 0 Å². The predicted octanol–water partition coefficient (Wildman–Crippen LogP) is 2.03. The van der Waals surface area contributed by atoms with Crippen molar-refractivity contribution in [2.45, 2.75) is 45.6 Å². The monoisotopic (exact) mass is 251 g/mol. The minimum Gasteiger partial charge on any atom is -0.508 e. The molecular formula is C14H21NO3. The molecule has 0 saturated heterocycles. The van der Waals surface area contributed by atoms with Crippen LogP contribution >= 0.6 is 0 Å². The zero-order valence-corrected chi connectivity index (χ0v) is 11.1. The van der Waals surface area contributed by atoms with E-state index in [9.17, 15) is 9.90 Å².